The van der Waals surface area contributed by atoms with Crippen LogP contribution in [0.5, 0.6) is 46.0 Å². The summed E-state index contributed by atoms with van der Waals surface area (Å²) in [5, 5.41) is 15.4. The number of hydrogen-bond acceptors (Lipinski definition) is 11. The number of amides is 1. The number of halogens is 2. The number of alkyl halides is 1. The van der Waals surface area contributed by atoms with Crippen LogP contribution in [0.3, 0.4) is 0 Å². The van der Waals surface area contributed by atoms with Crippen molar-refractivity contribution in [1.82, 2.24) is 14.8 Å². The molecule has 11 aromatic rings. The predicted octanol–water partition coefficient (Wildman–Crippen LogP) is 23.0. The van der Waals surface area contributed by atoms with Crippen LogP contribution < -0.4 is 23.7 Å². The molecule has 10 aromatic carbocycles. The fourth-order valence-corrected chi connectivity index (χ4v) is 15.6. The summed E-state index contributed by atoms with van der Waals surface area (Å²) in [6.45, 7) is 13.0. The highest BCUT2D eigenvalue weighted by molar-refractivity contribution is 8.14. The van der Waals surface area contributed by atoms with Gasteiger partial charge in [0.2, 0.25) is 0 Å². The van der Waals surface area contributed by atoms with Gasteiger partial charge in [0.25, 0.3) is 9.75 Å². The fourth-order valence-electron chi connectivity index (χ4n) is 13.8. The van der Waals surface area contributed by atoms with E-state index in [2.05, 4.69) is 90.6 Å². The first kappa shape index (κ1) is 72.0. The van der Waals surface area contributed by atoms with Gasteiger partial charge in [-0.05, 0) is 253 Å². The predicted molar refractivity (Wildman–Crippen MR) is 416 cm³/mol. The molecule has 5 saturated heterocycles. The quantitative estimate of drug-likeness (QED) is 0.0408. The number of benzene rings is 10. The second-order valence-electron chi connectivity index (χ2n) is 25.1. The van der Waals surface area contributed by atoms with Gasteiger partial charge < -0.3 is 33.7 Å². The maximum absolute atomic E-state index is 13.2. The lowest BCUT2D eigenvalue weighted by Crippen LogP contribution is -2.54. The standard InChI is InChI=1S/C34H32ClNO2S.C32H32N2O3.C12H10O.C7H5ClOS.CH4/c1-3-23(21-35)25-15-16-36-32(20-25)33(39-34(36)37)31-19-27(18-26-10-9-22(2)17-30(26)31)24-11-13-29(14-12-24)38-28-7-5-4-6-8-28;1-3-21-20-34-16-15-23(21)17-31(34)32(35)28-19-30(33-29-14-13-26(36-2)18-27(28)29)22-9-11-25(12-10-22)37-24-7-5-4-6-8-24;1-3-7-11(8-4-1)13-12-9-5-2-6-10-12;8-7(10)9-6-4-2-1-3-5-6;/h3-14,17-19,23,25,32-33H,1,15-16,20-21H2,2H3;3-14,18-19,21,23,31-32,35H,1,15-17,20H2,2H3;1-10H;1-5H;1H4/t23-,25-,32-,33+;21?,23?,31?,32-;;;/m00.../s1. The molecule has 10 nitrogen and oxygen atoms in total. The zero-order valence-electron chi connectivity index (χ0n) is 55.4. The Balaban J connectivity index is 0.000000152. The first-order chi connectivity index (χ1) is 48.4. The highest BCUT2D eigenvalue weighted by atomic mass is 35.5. The van der Waals surface area contributed by atoms with Gasteiger partial charge in [0.15, 0.2) is 0 Å². The molecule has 0 spiro atoms. The fraction of sp³-hybridized carbons (Fsp3) is 0.221. The van der Waals surface area contributed by atoms with Crippen molar-refractivity contribution < 1.29 is 33.6 Å². The lowest BCUT2D eigenvalue weighted by molar-refractivity contribution is -0.0444. The van der Waals surface area contributed by atoms with E-state index in [1.54, 1.807) is 19.2 Å². The number of piperidine rings is 4. The Bertz CT molecular complexity index is 4470. The second kappa shape index (κ2) is 34.7. The molecule has 2 bridgehead atoms. The van der Waals surface area contributed by atoms with E-state index >= 15 is 0 Å². The van der Waals surface area contributed by atoms with E-state index in [0.29, 0.717) is 29.4 Å². The molecule has 5 aliphatic heterocycles. The van der Waals surface area contributed by atoms with Crippen molar-refractivity contribution in [2.24, 2.45) is 23.7 Å². The van der Waals surface area contributed by atoms with Gasteiger partial charge >= 0.3 is 0 Å². The number of aryl methyl sites for hydroxylation is 1. The van der Waals surface area contributed by atoms with Crippen LogP contribution in [0.25, 0.3) is 44.1 Å². The molecule has 0 radical (unpaired) electrons. The third kappa shape index (κ3) is 18.0. The van der Waals surface area contributed by atoms with Gasteiger partial charge in [0.05, 0.1) is 29.7 Å². The molecular formula is C86H83Cl2N3O7S2. The maximum Gasteiger partial charge on any atom is 0.282 e. The largest absolute Gasteiger partial charge is 0.497 e. The van der Waals surface area contributed by atoms with Crippen LogP contribution in [0.2, 0.25) is 0 Å². The number of allylic oxidation sites excluding steroid dienone is 1. The summed E-state index contributed by atoms with van der Waals surface area (Å²) in [6, 6.07) is 83.9. The molecular weight excluding hydrogens is 1320 g/mol. The van der Waals surface area contributed by atoms with E-state index in [1.165, 1.54) is 40.1 Å². The van der Waals surface area contributed by atoms with Gasteiger partial charge in [-0.3, -0.25) is 9.69 Å². The van der Waals surface area contributed by atoms with Gasteiger partial charge in [-0.15, -0.1) is 24.8 Å². The third-order valence-electron chi connectivity index (χ3n) is 18.9. The van der Waals surface area contributed by atoms with Crippen LogP contribution in [-0.2, 0) is 0 Å². The summed E-state index contributed by atoms with van der Waals surface area (Å²) in [4.78, 5) is 22.7. The molecule has 6 heterocycles. The molecule has 16 rings (SSSR count). The number of nitrogens with zero attached hydrogens (tertiary/aromatic N) is 3. The summed E-state index contributed by atoms with van der Waals surface area (Å²) in [5.74, 6) is 8.75. The number of aromatic nitrogens is 1. The van der Waals surface area contributed by atoms with Crippen LogP contribution in [-0.4, -0.2) is 74.3 Å². The Morgan fingerprint density at radius 3 is 1.68 bits per heavy atom. The van der Waals surface area contributed by atoms with Gasteiger partial charge in [-0.1, -0.05) is 158 Å². The summed E-state index contributed by atoms with van der Waals surface area (Å²) in [7, 11) is 1.67. The normalized spacial score (nSPS) is 19.2. The van der Waals surface area contributed by atoms with Crippen molar-refractivity contribution in [3.63, 3.8) is 0 Å². The van der Waals surface area contributed by atoms with E-state index in [1.807, 2.05) is 206 Å². The molecule has 0 saturated carbocycles. The van der Waals surface area contributed by atoms with E-state index in [4.69, 9.17) is 51.9 Å². The molecule has 5 aliphatic rings. The number of hydrogen-bond donors (Lipinski definition) is 1. The number of ether oxygens (including phenoxy) is 5. The summed E-state index contributed by atoms with van der Waals surface area (Å²) in [5.41, 5.74) is 8.29. The Morgan fingerprint density at radius 1 is 0.630 bits per heavy atom. The number of carbonyl (C=O) groups is 1. The Morgan fingerprint density at radius 2 is 1.17 bits per heavy atom. The summed E-state index contributed by atoms with van der Waals surface area (Å²) < 4.78 is 28.0. The number of pyridine rings is 1. The van der Waals surface area contributed by atoms with Crippen molar-refractivity contribution in [2.45, 2.75) is 63.5 Å². The smallest absolute Gasteiger partial charge is 0.282 e. The van der Waals surface area contributed by atoms with E-state index in [0.717, 1.165) is 118 Å². The lowest BCUT2D eigenvalue weighted by atomic mass is 9.73. The summed E-state index contributed by atoms with van der Waals surface area (Å²) >= 11 is 17.6. The van der Waals surface area contributed by atoms with Crippen molar-refractivity contribution in [2.75, 3.05) is 32.6 Å². The van der Waals surface area contributed by atoms with Crippen LogP contribution in [0.15, 0.2) is 280 Å². The average Bonchev–Trinajstić information content (AvgIpc) is 0.801. The molecule has 0 aliphatic carbocycles. The van der Waals surface area contributed by atoms with E-state index in [9.17, 15) is 9.90 Å². The zero-order chi connectivity index (χ0) is 68.6. The number of carbonyl (C=O) groups excluding carboxylic acids is 1. The first-order valence-corrected chi connectivity index (χ1v) is 35.7. The zero-order valence-corrected chi connectivity index (χ0v) is 58.5. The van der Waals surface area contributed by atoms with Gasteiger partial charge in [0.1, 0.15) is 46.0 Å². The van der Waals surface area contributed by atoms with Crippen molar-refractivity contribution in [1.29, 1.82) is 0 Å². The lowest BCUT2D eigenvalue weighted by Gasteiger charge is -2.50. The van der Waals surface area contributed by atoms with E-state index < -0.39 is 6.10 Å². The molecule has 100 heavy (non-hydrogen) atoms. The van der Waals surface area contributed by atoms with Crippen LogP contribution >= 0.6 is 47.2 Å². The monoisotopic (exact) mass is 1400 g/mol. The minimum absolute atomic E-state index is 0. The second-order valence-corrected chi connectivity index (χ2v) is 27.5. The molecule has 1 amide bonds. The Kier molecular flexibility index (Phi) is 25.0. The molecule has 9 atom stereocenters. The average molecular weight is 1410 g/mol. The number of thiocarbonyl (C=S) groups is 1. The maximum atomic E-state index is 13.2. The third-order valence-corrected chi connectivity index (χ3v) is 20.7. The number of methoxy groups -OCH3 is 1. The number of aliphatic hydroxyl groups is 1. The first-order valence-electron chi connectivity index (χ1n) is 33.5. The van der Waals surface area contributed by atoms with Gasteiger partial charge in [-0.25, -0.2) is 4.98 Å². The minimum atomic E-state index is -0.620. The SMILES string of the molecule is C.C=CC1CN2CCC1CC2[C@@H](O)c1cc(-c2ccc(Oc3ccccc3)cc2)nc2ccc(OC)cc12.C=C[C@@H](CCl)[C@H]1CCN2C(=O)S[C@H](c3cc(-c4ccc(Oc5ccccc5)cc4)cc4ccc(C)cc34)[C@@H]2C1.S=C(Cl)Oc1ccccc1.c1ccc(Oc2ccccc2)cc1. The van der Waals surface area contributed by atoms with Crippen molar-refractivity contribution in [3.05, 3.63) is 297 Å². The van der Waals surface area contributed by atoms with Crippen LogP contribution in [0.4, 0.5) is 4.79 Å². The van der Waals surface area contributed by atoms with Crippen molar-refractivity contribution in [3.8, 4) is 68.4 Å². The molecule has 14 heteroatoms. The van der Waals surface area contributed by atoms with Gasteiger partial charge in [-0.2, -0.15) is 0 Å². The summed E-state index contributed by atoms with van der Waals surface area (Å²) in [6.07, 6.45) is 7.56. The minimum Gasteiger partial charge on any atom is -0.497 e. The molecule has 510 valence electrons. The molecule has 1 aromatic heterocycles. The van der Waals surface area contributed by atoms with Crippen LogP contribution in [0.1, 0.15) is 61.2 Å². The number of thioether (sulfide) groups is 1. The van der Waals surface area contributed by atoms with Crippen molar-refractivity contribution >= 4 is 78.6 Å². The van der Waals surface area contributed by atoms with Crippen LogP contribution in [0, 0.1) is 30.6 Å². The number of rotatable bonds is 17. The topological polar surface area (TPSA) is 103 Å². The molecule has 1 N–H and O–H groups in total. The number of para-hydroxylation sites is 5. The molecule has 4 unspecified atom stereocenters. The Labute approximate surface area is 607 Å². The number of fused-ring (bicyclic) bond motifs is 6. The number of aliphatic hydroxyl groups excluding tert-OH is 1. The molecule has 5 fully saturated rings. The highest BCUT2D eigenvalue weighted by Crippen LogP contribution is 2.52. The van der Waals surface area contributed by atoms with Gasteiger partial charge in [0, 0.05) is 42.0 Å². The Hall–Kier alpha value is -9.24. The van der Waals surface area contributed by atoms with E-state index in [-0.39, 0.29) is 40.4 Å². The highest BCUT2D eigenvalue weighted by Gasteiger charge is 2.47.